The van der Waals surface area contributed by atoms with Gasteiger partial charge in [-0.15, -0.1) is 10.2 Å². The predicted molar refractivity (Wildman–Crippen MR) is 159 cm³/mol. The Hall–Kier alpha value is -4.87. The van der Waals surface area contributed by atoms with Crippen LogP contribution < -0.4 is 19.5 Å². The van der Waals surface area contributed by atoms with Crippen LogP contribution in [0.25, 0.3) is 11.4 Å². The number of hydrogen-bond donors (Lipinski definition) is 1. The first-order chi connectivity index (χ1) is 20.5. The van der Waals surface area contributed by atoms with E-state index in [2.05, 4.69) is 20.7 Å². The lowest BCUT2D eigenvalue weighted by molar-refractivity contribution is -0.143. The fraction of sp³-hybridized carbons (Fsp3) is 0.387. The van der Waals surface area contributed by atoms with Crippen LogP contribution in [0, 0.1) is 6.92 Å². The molecule has 1 N–H and O–H groups in total. The van der Waals surface area contributed by atoms with Gasteiger partial charge in [-0.1, -0.05) is 6.07 Å². The summed E-state index contributed by atoms with van der Waals surface area (Å²) in [6, 6.07) is 15.2. The molecule has 0 unspecified atom stereocenters. The lowest BCUT2D eigenvalue weighted by Crippen LogP contribution is -2.50. The van der Waals surface area contributed by atoms with Crippen molar-refractivity contribution in [1.29, 1.82) is 0 Å². The van der Waals surface area contributed by atoms with Gasteiger partial charge in [-0.2, -0.15) is 4.80 Å². The zero-order valence-corrected chi connectivity index (χ0v) is 25.6. The van der Waals surface area contributed by atoms with E-state index in [1.165, 1.54) is 9.70 Å². The number of ether oxygens (including phenoxy) is 3. The summed E-state index contributed by atoms with van der Waals surface area (Å²) in [5.41, 5.74) is 1.07. The smallest absolute Gasteiger partial charge is 0.251 e. The highest BCUT2D eigenvalue weighted by Gasteiger charge is 2.35. The van der Waals surface area contributed by atoms with Crippen molar-refractivity contribution >= 4 is 11.8 Å². The van der Waals surface area contributed by atoms with Crippen molar-refractivity contribution in [2.75, 3.05) is 27.9 Å². The lowest BCUT2D eigenvalue weighted by Gasteiger charge is -2.32. The molecule has 2 heterocycles. The number of methoxy groups -OCH3 is 3. The number of carbonyl (C=O) groups excluding carboxylic acids is 2. The minimum Gasteiger partial charge on any atom is -0.497 e. The average molecular weight is 591 g/mol. The molecule has 12 heteroatoms. The number of aromatic nitrogens is 4. The summed E-state index contributed by atoms with van der Waals surface area (Å²) in [4.78, 5) is 30.4. The number of nitrogens with zero attached hydrogens (tertiary/aromatic N) is 5. The molecule has 2 aromatic heterocycles. The second kappa shape index (κ2) is 13.4. The van der Waals surface area contributed by atoms with Crippen LogP contribution in [0.2, 0.25) is 0 Å². The highest BCUT2D eigenvalue weighted by molar-refractivity contribution is 5.88. The first-order valence-electron chi connectivity index (χ1n) is 13.8. The zero-order valence-electron chi connectivity index (χ0n) is 25.6. The van der Waals surface area contributed by atoms with Crippen LogP contribution in [-0.2, 0) is 22.6 Å². The van der Waals surface area contributed by atoms with Crippen molar-refractivity contribution in [2.24, 2.45) is 0 Å². The first-order valence-corrected chi connectivity index (χ1v) is 13.8. The van der Waals surface area contributed by atoms with Crippen molar-refractivity contribution in [2.45, 2.75) is 52.2 Å². The molecule has 1 atom stereocenters. The van der Waals surface area contributed by atoms with Gasteiger partial charge in [0.15, 0.2) is 17.5 Å². The summed E-state index contributed by atoms with van der Waals surface area (Å²) in [7, 11) is 4.72. The second-order valence-corrected chi connectivity index (χ2v) is 11.0. The van der Waals surface area contributed by atoms with Crippen LogP contribution in [0.4, 0.5) is 0 Å². The van der Waals surface area contributed by atoms with Crippen LogP contribution in [0.15, 0.2) is 59.0 Å². The monoisotopic (exact) mass is 590 g/mol. The fourth-order valence-electron chi connectivity index (χ4n) is 4.52. The Morgan fingerprint density at radius 1 is 0.977 bits per heavy atom. The maximum Gasteiger partial charge on any atom is 0.251 e. The highest BCUT2D eigenvalue weighted by Crippen LogP contribution is 2.29. The van der Waals surface area contributed by atoms with Gasteiger partial charge in [0.1, 0.15) is 23.8 Å². The Labute approximate surface area is 250 Å². The molecule has 4 aromatic rings. The molecular weight excluding hydrogens is 552 g/mol. The van der Waals surface area contributed by atoms with Crippen molar-refractivity contribution in [3.63, 3.8) is 0 Å². The van der Waals surface area contributed by atoms with Crippen molar-refractivity contribution < 1.29 is 28.2 Å². The van der Waals surface area contributed by atoms with Crippen molar-refractivity contribution in [3.05, 3.63) is 71.7 Å². The molecule has 0 aliphatic rings. The van der Waals surface area contributed by atoms with Crippen molar-refractivity contribution in [1.82, 2.24) is 30.4 Å². The third-order valence-electron chi connectivity index (χ3n) is 6.58. The number of benzene rings is 2. The first kappa shape index (κ1) is 31.1. The molecule has 2 aromatic carbocycles. The number of furan rings is 1. The third-order valence-corrected chi connectivity index (χ3v) is 6.58. The van der Waals surface area contributed by atoms with Gasteiger partial charge in [0.05, 0.1) is 21.3 Å². The van der Waals surface area contributed by atoms with E-state index < -0.39 is 11.6 Å². The Balaban J connectivity index is 1.65. The number of amides is 2. The van der Waals surface area contributed by atoms with Gasteiger partial charge < -0.3 is 28.8 Å². The molecule has 4 rings (SSSR count). The van der Waals surface area contributed by atoms with E-state index in [0.29, 0.717) is 41.0 Å². The van der Waals surface area contributed by atoms with Gasteiger partial charge in [0.25, 0.3) is 5.91 Å². The molecule has 43 heavy (non-hydrogen) atoms. The predicted octanol–water partition coefficient (Wildman–Crippen LogP) is 3.99. The summed E-state index contributed by atoms with van der Waals surface area (Å²) in [5, 5.41) is 15.6. The molecule has 0 saturated heterocycles. The van der Waals surface area contributed by atoms with Crippen molar-refractivity contribution in [3.8, 4) is 28.6 Å². The van der Waals surface area contributed by atoms with E-state index in [4.69, 9.17) is 18.6 Å². The van der Waals surface area contributed by atoms with Gasteiger partial charge in [-0.3, -0.25) is 9.59 Å². The van der Waals surface area contributed by atoms with Crippen LogP contribution in [-0.4, -0.2) is 70.3 Å². The Bertz CT molecular complexity index is 1540. The fourth-order valence-corrected chi connectivity index (χ4v) is 4.52. The average Bonchev–Trinajstić information content (AvgIpc) is 3.62. The van der Waals surface area contributed by atoms with E-state index >= 15 is 0 Å². The van der Waals surface area contributed by atoms with Gasteiger partial charge in [0, 0.05) is 17.6 Å². The molecule has 0 aliphatic carbocycles. The van der Waals surface area contributed by atoms with Gasteiger partial charge in [-0.25, -0.2) is 0 Å². The SMILES string of the molecule is COc1ccc(-c2nnn(CC(=O)N(CCc3ccc(OC)c(OC)c3)[C@@H](C(=O)NC(C)(C)C)c3ccc(C)o3)n2)cc1. The van der Waals surface area contributed by atoms with Gasteiger partial charge in [-0.05, 0) is 93.4 Å². The number of hydrogen-bond acceptors (Lipinski definition) is 9. The summed E-state index contributed by atoms with van der Waals surface area (Å²) in [5.74, 6) is 2.44. The Kier molecular flexibility index (Phi) is 9.69. The molecule has 228 valence electrons. The standard InChI is InChI=1S/C31H38N6O6/c1-20-8-14-25(43-20)28(30(39)32-31(2,3)4)36(17-16-21-9-15-24(41-6)26(18-21)42-7)27(38)19-37-34-29(33-35-37)22-10-12-23(40-5)13-11-22/h8-15,18,28H,16-17,19H2,1-7H3,(H,32,39)/t28-/m1/s1. The normalized spacial score (nSPS) is 12.0. The summed E-state index contributed by atoms with van der Waals surface area (Å²) in [6.45, 7) is 7.38. The number of aryl methyl sites for hydroxylation is 1. The maximum absolute atomic E-state index is 14.0. The number of tetrazole rings is 1. The molecule has 0 aliphatic heterocycles. The van der Waals surface area contributed by atoms with E-state index in [-0.39, 0.29) is 24.9 Å². The summed E-state index contributed by atoms with van der Waals surface area (Å²) in [6.07, 6.45) is 0.424. The third kappa shape index (κ3) is 7.91. The van der Waals surface area contributed by atoms with E-state index in [0.717, 1.165) is 11.1 Å². The number of carbonyl (C=O) groups is 2. The van der Waals surface area contributed by atoms with E-state index in [1.807, 2.05) is 45.0 Å². The Morgan fingerprint density at radius 3 is 2.30 bits per heavy atom. The van der Waals surface area contributed by atoms with Gasteiger partial charge >= 0.3 is 0 Å². The molecular formula is C31H38N6O6. The largest absolute Gasteiger partial charge is 0.497 e. The van der Waals surface area contributed by atoms with Crippen LogP contribution in [0.3, 0.4) is 0 Å². The molecule has 0 saturated carbocycles. The summed E-state index contributed by atoms with van der Waals surface area (Å²) < 4.78 is 21.9. The summed E-state index contributed by atoms with van der Waals surface area (Å²) >= 11 is 0. The molecule has 0 radical (unpaired) electrons. The number of rotatable bonds is 12. The van der Waals surface area contributed by atoms with Crippen LogP contribution >= 0.6 is 0 Å². The van der Waals surface area contributed by atoms with Crippen LogP contribution in [0.5, 0.6) is 17.2 Å². The van der Waals surface area contributed by atoms with Gasteiger partial charge in [0.2, 0.25) is 11.7 Å². The van der Waals surface area contributed by atoms with E-state index in [9.17, 15) is 9.59 Å². The molecule has 12 nitrogen and oxygen atoms in total. The van der Waals surface area contributed by atoms with E-state index in [1.54, 1.807) is 58.6 Å². The quantitative estimate of drug-likeness (QED) is 0.260. The Morgan fingerprint density at radius 2 is 1.70 bits per heavy atom. The minimum absolute atomic E-state index is 0.191. The minimum atomic E-state index is -1.04. The molecule has 2 amide bonds. The zero-order chi connectivity index (χ0) is 31.1. The molecule has 0 fully saturated rings. The van der Waals surface area contributed by atoms with Crippen LogP contribution in [0.1, 0.15) is 43.9 Å². The molecule has 0 bridgehead atoms. The maximum atomic E-state index is 14.0. The molecule has 0 spiro atoms. The lowest BCUT2D eigenvalue weighted by atomic mass is 10.0. The second-order valence-electron chi connectivity index (χ2n) is 11.0. The number of nitrogens with one attached hydrogen (secondary N) is 1. The highest BCUT2D eigenvalue weighted by atomic mass is 16.5. The topological polar surface area (TPSA) is 134 Å².